The molecule has 0 radical (unpaired) electrons. The van der Waals surface area contributed by atoms with E-state index in [1.807, 2.05) is 12.1 Å². The zero-order valence-electron chi connectivity index (χ0n) is 10.6. The van der Waals surface area contributed by atoms with Crippen molar-refractivity contribution in [1.82, 2.24) is 0 Å². The minimum atomic E-state index is -0.895. The molecule has 0 unspecified atom stereocenters. The quantitative estimate of drug-likeness (QED) is 0.800. The molecule has 1 rings (SSSR count). The van der Waals surface area contributed by atoms with Gasteiger partial charge >= 0.3 is 5.97 Å². The maximum Gasteiger partial charge on any atom is 0.313 e. The van der Waals surface area contributed by atoms with E-state index in [2.05, 4.69) is 0 Å². The molecule has 4 heteroatoms. The third-order valence-electron chi connectivity index (χ3n) is 2.87. The molecule has 1 aromatic carbocycles. The monoisotopic (exact) mass is 238 g/mol. The SMILES string of the molecule is COC(OC)c1ccc(C(C)(C)C(=O)O)cc1. The molecular formula is C13H18O4. The van der Waals surface area contributed by atoms with Crippen molar-refractivity contribution in [2.45, 2.75) is 25.6 Å². The van der Waals surface area contributed by atoms with Gasteiger partial charge in [-0.3, -0.25) is 4.79 Å². The second kappa shape index (κ2) is 5.29. The zero-order chi connectivity index (χ0) is 13.1. The minimum absolute atomic E-state index is 0.419. The van der Waals surface area contributed by atoms with Crippen molar-refractivity contribution >= 4 is 5.97 Å². The van der Waals surface area contributed by atoms with Crippen molar-refractivity contribution in [3.63, 3.8) is 0 Å². The van der Waals surface area contributed by atoms with Gasteiger partial charge in [-0.1, -0.05) is 24.3 Å². The number of carbonyl (C=O) groups is 1. The molecule has 0 aliphatic rings. The molecule has 1 N–H and O–H groups in total. The summed E-state index contributed by atoms with van der Waals surface area (Å²) < 4.78 is 10.2. The van der Waals surface area contributed by atoms with E-state index in [9.17, 15) is 4.79 Å². The Hall–Kier alpha value is -1.39. The van der Waals surface area contributed by atoms with Crippen molar-refractivity contribution < 1.29 is 19.4 Å². The summed E-state index contributed by atoms with van der Waals surface area (Å²) in [5.74, 6) is -0.847. The molecule has 0 aromatic heterocycles. The summed E-state index contributed by atoms with van der Waals surface area (Å²) in [5.41, 5.74) is 0.716. The van der Waals surface area contributed by atoms with Gasteiger partial charge in [-0.25, -0.2) is 0 Å². The fraction of sp³-hybridized carbons (Fsp3) is 0.462. The first kappa shape index (κ1) is 13.7. The molecule has 0 amide bonds. The van der Waals surface area contributed by atoms with Crippen LogP contribution in [-0.2, 0) is 19.7 Å². The van der Waals surface area contributed by atoms with Crippen molar-refractivity contribution in [2.24, 2.45) is 0 Å². The molecule has 17 heavy (non-hydrogen) atoms. The van der Waals surface area contributed by atoms with E-state index in [4.69, 9.17) is 14.6 Å². The Morgan fingerprint density at radius 3 is 2.00 bits per heavy atom. The number of methoxy groups -OCH3 is 2. The summed E-state index contributed by atoms with van der Waals surface area (Å²) in [6.07, 6.45) is -0.419. The summed E-state index contributed by atoms with van der Waals surface area (Å²) in [6.45, 7) is 3.35. The molecule has 0 spiro atoms. The van der Waals surface area contributed by atoms with E-state index < -0.39 is 17.7 Å². The Kier molecular flexibility index (Phi) is 4.26. The van der Waals surface area contributed by atoms with Gasteiger partial charge in [-0.2, -0.15) is 0 Å². The second-order valence-electron chi connectivity index (χ2n) is 4.36. The summed E-state index contributed by atoms with van der Waals surface area (Å²) >= 11 is 0. The standard InChI is InChI=1S/C13H18O4/c1-13(2,12(14)15)10-7-5-9(6-8-10)11(16-3)17-4/h5-8,11H,1-4H3,(H,14,15). The number of hydrogen-bond donors (Lipinski definition) is 1. The smallest absolute Gasteiger partial charge is 0.313 e. The van der Waals surface area contributed by atoms with Crippen LogP contribution in [0.4, 0.5) is 0 Å². The van der Waals surface area contributed by atoms with Gasteiger partial charge < -0.3 is 14.6 Å². The van der Waals surface area contributed by atoms with E-state index in [1.54, 1.807) is 40.2 Å². The third kappa shape index (κ3) is 2.84. The van der Waals surface area contributed by atoms with Crippen LogP contribution >= 0.6 is 0 Å². The molecule has 1 aromatic rings. The van der Waals surface area contributed by atoms with Gasteiger partial charge in [-0.05, 0) is 19.4 Å². The summed E-state index contributed by atoms with van der Waals surface area (Å²) in [4.78, 5) is 11.1. The first-order valence-electron chi connectivity index (χ1n) is 5.33. The molecule has 4 nitrogen and oxygen atoms in total. The van der Waals surface area contributed by atoms with Crippen LogP contribution in [0.25, 0.3) is 0 Å². The topological polar surface area (TPSA) is 55.8 Å². The van der Waals surface area contributed by atoms with Crippen LogP contribution in [0, 0.1) is 0 Å². The highest BCUT2D eigenvalue weighted by molar-refractivity contribution is 5.80. The van der Waals surface area contributed by atoms with Gasteiger partial charge in [0.1, 0.15) is 0 Å². The summed E-state index contributed by atoms with van der Waals surface area (Å²) in [5, 5.41) is 9.12. The predicted molar refractivity (Wildman–Crippen MR) is 63.9 cm³/mol. The molecular weight excluding hydrogens is 220 g/mol. The molecule has 94 valence electrons. The lowest BCUT2D eigenvalue weighted by Gasteiger charge is -2.21. The number of aliphatic carboxylic acids is 1. The third-order valence-corrected chi connectivity index (χ3v) is 2.87. The molecule has 0 saturated heterocycles. The van der Waals surface area contributed by atoms with Crippen LogP contribution in [0.1, 0.15) is 31.3 Å². The number of carboxylic acids is 1. The average molecular weight is 238 g/mol. The van der Waals surface area contributed by atoms with Crippen LogP contribution in [-0.4, -0.2) is 25.3 Å². The molecule has 0 aliphatic heterocycles. The van der Waals surface area contributed by atoms with Crippen molar-refractivity contribution in [1.29, 1.82) is 0 Å². The number of ether oxygens (including phenoxy) is 2. The maximum absolute atomic E-state index is 11.1. The van der Waals surface area contributed by atoms with Gasteiger partial charge in [0.15, 0.2) is 6.29 Å². The zero-order valence-corrected chi connectivity index (χ0v) is 10.6. The van der Waals surface area contributed by atoms with Gasteiger partial charge in [-0.15, -0.1) is 0 Å². The van der Waals surface area contributed by atoms with Gasteiger partial charge in [0.2, 0.25) is 0 Å². The normalized spacial score (nSPS) is 11.8. The highest BCUT2D eigenvalue weighted by Crippen LogP contribution is 2.26. The van der Waals surface area contributed by atoms with Gasteiger partial charge in [0, 0.05) is 19.8 Å². The Morgan fingerprint density at radius 2 is 1.65 bits per heavy atom. The molecule has 0 heterocycles. The van der Waals surface area contributed by atoms with Crippen molar-refractivity contribution in [3.05, 3.63) is 35.4 Å². The fourth-order valence-electron chi connectivity index (χ4n) is 1.55. The van der Waals surface area contributed by atoms with Crippen LogP contribution in [0.2, 0.25) is 0 Å². The average Bonchev–Trinajstić information content (AvgIpc) is 2.31. The number of benzene rings is 1. The lowest BCUT2D eigenvalue weighted by Crippen LogP contribution is -2.28. The number of carboxylic acid groups (broad SMARTS) is 1. The van der Waals surface area contributed by atoms with Gasteiger partial charge in [0.05, 0.1) is 5.41 Å². The van der Waals surface area contributed by atoms with E-state index in [0.717, 1.165) is 11.1 Å². The molecule has 0 atom stereocenters. The van der Waals surface area contributed by atoms with E-state index in [0.29, 0.717) is 0 Å². The van der Waals surface area contributed by atoms with Crippen LogP contribution in [0.3, 0.4) is 0 Å². The number of rotatable bonds is 5. The first-order valence-corrected chi connectivity index (χ1v) is 5.33. The fourth-order valence-corrected chi connectivity index (χ4v) is 1.55. The van der Waals surface area contributed by atoms with Crippen LogP contribution in [0.5, 0.6) is 0 Å². The number of hydrogen-bond acceptors (Lipinski definition) is 3. The van der Waals surface area contributed by atoms with Crippen LogP contribution < -0.4 is 0 Å². The predicted octanol–water partition coefficient (Wildman–Crippen LogP) is 2.34. The minimum Gasteiger partial charge on any atom is -0.481 e. The van der Waals surface area contributed by atoms with E-state index in [-0.39, 0.29) is 0 Å². The molecule has 0 bridgehead atoms. The lowest BCUT2D eigenvalue weighted by atomic mass is 9.84. The molecule has 0 saturated carbocycles. The Bertz CT molecular complexity index is 377. The Morgan fingerprint density at radius 1 is 1.18 bits per heavy atom. The highest BCUT2D eigenvalue weighted by atomic mass is 16.7. The maximum atomic E-state index is 11.1. The van der Waals surface area contributed by atoms with E-state index >= 15 is 0 Å². The van der Waals surface area contributed by atoms with Crippen molar-refractivity contribution in [2.75, 3.05) is 14.2 Å². The van der Waals surface area contributed by atoms with Crippen molar-refractivity contribution in [3.8, 4) is 0 Å². The first-order chi connectivity index (χ1) is 7.93. The van der Waals surface area contributed by atoms with Crippen LogP contribution in [0.15, 0.2) is 24.3 Å². The molecule has 0 aliphatic carbocycles. The highest BCUT2D eigenvalue weighted by Gasteiger charge is 2.29. The summed E-state index contributed by atoms with van der Waals surface area (Å²) in [7, 11) is 3.12. The Balaban J connectivity index is 2.99. The lowest BCUT2D eigenvalue weighted by molar-refractivity contribution is -0.142. The second-order valence-corrected chi connectivity index (χ2v) is 4.36. The summed E-state index contributed by atoms with van der Waals surface area (Å²) in [6, 6.07) is 7.21. The van der Waals surface area contributed by atoms with E-state index in [1.165, 1.54) is 0 Å². The molecule has 0 fully saturated rings. The van der Waals surface area contributed by atoms with Gasteiger partial charge in [0.25, 0.3) is 0 Å². The Labute approximate surface area is 101 Å². The largest absolute Gasteiger partial charge is 0.481 e.